The molecule has 7 nitrogen and oxygen atoms in total. The molecule has 42 heavy (non-hydrogen) atoms. The maximum atomic E-state index is 13.5. The minimum atomic E-state index is -3.57. The number of carbonyl (C=O) groups excluding carboxylic acids is 1. The van der Waals surface area contributed by atoms with E-state index in [1.807, 2.05) is 25.1 Å². The quantitative estimate of drug-likeness (QED) is 0.487. The molecule has 6 rings (SSSR count). The smallest absolute Gasteiger partial charge is 0.177 e. The number of ether oxygens (including phenoxy) is 2. The highest BCUT2D eigenvalue weighted by Gasteiger charge is 2.44. The van der Waals surface area contributed by atoms with Crippen molar-refractivity contribution >= 4 is 32.9 Å². The number of nitrogens with zero attached hydrogens (tertiary/aromatic N) is 1. The van der Waals surface area contributed by atoms with Crippen LogP contribution in [0.5, 0.6) is 5.75 Å². The number of fused-ring (bicyclic) bond motifs is 4. The zero-order valence-corrected chi connectivity index (χ0v) is 26.3. The molecule has 228 valence electrons. The number of aryl methyl sites for hydroxylation is 1. The normalized spacial score (nSPS) is 31.3. The third-order valence-corrected chi connectivity index (χ3v) is 12.7. The Morgan fingerprint density at radius 2 is 1.98 bits per heavy atom. The van der Waals surface area contributed by atoms with Crippen molar-refractivity contribution in [1.82, 2.24) is 5.32 Å². The molecular formula is C33H43ClN2O5S. The fourth-order valence-corrected chi connectivity index (χ4v) is 9.78. The number of ketones is 1. The lowest BCUT2D eigenvalue weighted by Gasteiger charge is -2.47. The largest absolute Gasteiger partial charge is 0.490 e. The van der Waals surface area contributed by atoms with Gasteiger partial charge in [-0.25, -0.2) is 8.42 Å². The summed E-state index contributed by atoms with van der Waals surface area (Å²) in [5.74, 6) is 0.286. The number of anilines is 1. The average molecular weight is 615 g/mol. The lowest BCUT2D eigenvalue weighted by Crippen LogP contribution is -2.63. The fourth-order valence-electron chi connectivity index (χ4n) is 7.78. The fraction of sp³-hybridized carbons (Fsp3) is 0.606. The predicted octanol–water partition coefficient (Wildman–Crippen LogP) is 5.37. The maximum Gasteiger partial charge on any atom is 0.177 e. The molecule has 9 heteroatoms. The van der Waals surface area contributed by atoms with E-state index in [1.165, 1.54) is 11.1 Å². The molecule has 1 fully saturated rings. The summed E-state index contributed by atoms with van der Waals surface area (Å²) in [5, 5.41) is 3.93. The highest BCUT2D eigenvalue weighted by molar-refractivity contribution is 7.92. The Balaban J connectivity index is 1.41. The molecule has 0 amide bonds. The van der Waals surface area contributed by atoms with Gasteiger partial charge in [0.25, 0.3) is 0 Å². The molecule has 2 aromatic carbocycles. The van der Waals surface area contributed by atoms with E-state index in [-0.39, 0.29) is 23.3 Å². The van der Waals surface area contributed by atoms with Gasteiger partial charge in [-0.1, -0.05) is 37.4 Å². The lowest BCUT2D eigenvalue weighted by atomic mass is 9.70. The summed E-state index contributed by atoms with van der Waals surface area (Å²) in [6.07, 6.45) is 6.87. The number of hydrogen-bond donors (Lipinski definition) is 1. The van der Waals surface area contributed by atoms with Crippen molar-refractivity contribution in [1.29, 1.82) is 0 Å². The van der Waals surface area contributed by atoms with Crippen molar-refractivity contribution in [3.8, 4) is 5.75 Å². The molecule has 4 aliphatic rings. The second-order valence-electron chi connectivity index (χ2n) is 12.8. The molecule has 0 radical (unpaired) electrons. The minimum Gasteiger partial charge on any atom is -0.490 e. The summed E-state index contributed by atoms with van der Waals surface area (Å²) in [6.45, 7) is 4.83. The Kier molecular flexibility index (Phi) is 8.62. The van der Waals surface area contributed by atoms with Crippen molar-refractivity contribution in [3.05, 3.63) is 58.1 Å². The number of benzene rings is 2. The van der Waals surface area contributed by atoms with Gasteiger partial charge in [0.2, 0.25) is 0 Å². The molecule has 0 unspecified atom stereocenters. The second-order valence-corrected chi connectivity index (χ2v) is 15.5. The summed E-state index contributed by atoms with van der Waals surface area (Å²) in [5.41, 5.74) is 3.63. The third-order valence-electron chi connectivity index (χ3n) is 10.2. The van der Waals surface area contributed by atoms with E-state index < -0.39 is 20.8 Å². The molecule has 2 aromatic rings. The van der Waals surface area contributed by atoms with Gasteiger partial charge in [-0.2, -0.15) is 0 Å². The van der Waals surface area contributed by atoms with Gasteiger partial charge >= 0.3 is 0 Å². The highest BCUT2D eigenvalue weighted by atomic mass is 35.5. The second kappa shape index (κ2) is 12.1. The van der Waals surface area contributed by atoms with Crippen LogP contribution in [0, 0.1) is 5.92 Å². The van der Waals surface area contributed by atoms with Gasteiger partial charge in [0, 0.05) is 54.7 Å². The molecule has 1 aliphatic carbocycles. The van der Waals surface area contributed by atoms with Crippen LogP contribution in [-0.4, -0.2) is 70.7 Å². The van der Waals surface area contributed by atoms with Gasteiger partial charge in [0.1, 0.15) is 11.5 Å². The number of hydrogen-bond acceptors (Lipinski definition) is 7. The van der Waals surface area contributed by atoms with Crippen molar-refractivity contribution in [3.63, 3.8) is 0 Å². The van der Waals surface area contributed by atoms with E-state index in [0.717, 1.165) is 74.6 Å². The van der Waals surface area contributed by atoms with E-state index in [4.69, 9.17) is 21.1 Å². The van der Waals surface area contributed by atoms with Crippen molar-refractivity contribution < 1.29 is 22.7 Å². The van der Waals surface area contributed by atoms with E-state index in [9.17, 15) is 13.2 Å². The number of carbonyl (C=O) groups is 1. The number of Topliss-reactive ketones (excluding diaryl/α,β-unsaturated/α-hetero) is 1. The van der Waals surface area contributed by atoms with Gasteiger partial charge in [0.15, 0.2) is 15.6 Å². The van der Waals surface area contributed by atoms with Crippen LogP contribution < -0.4 is 15.0 Å². The number of nitrogens with one attached hydrogen (secondary N) is 1. The number of methoxy groups -OCH3 is 1. The van der Waals surface area contributed by atoms with Crippen LogP contribution in [0.15, 0.2) is 36.4 Å². The van der Waals surface area contributed by atoms with Crippen molar-refractivity contribution in [2.45, 2.75) is 81.1 Å². The van der Waals surface area contributed by atoms with Gasteiger partial charge in [-0.15, -0.1) is 0 Å². The zero-order chi connectivity index (χ0) is 29.5. The van der Waals surface area contributed by atoms with Crippen molar-refractivity contribution in [2.75, 3.05) is 44.0 Å². The maximum absolute atomic E-state index is 13.5. The molecule has 0 aromatic heterocycles. The van der Waals surface area contributed by atoms with E-state index in [1.54, 1.807) is 13.2 Å². The number of sulfone groups is 1. The van der Waals surface area contributed by atoms with Crippen LogP contribution in [-0.2, 0) is 26.4 Å². The van der Waals surface area contributed by atoms with E-state index in [0.29, 0.717) is 30.9 Å². The van der Waals surface area contributed by atoms with E-state index in [2.05, 4.69) is 22.3 Å². The first-order chi connectivity index (χ1) is 20.2. The Morgan fingerprint density at radius 1 is 1.14 bits per heavy atom. The Hall–Kier alpha value is -2.13. The van der Waals surface area contributed by atoms with Crippen LogP contribution in [0.4, 0.5) is 5.69 Å². The molecule has 0 saturated carbocycles. The molecule has 1 spiro atoms. The van der Waals surface area contributed by atoms with Crippen LogP contribution in [0.1, 0.15) is 73.4 Å². The summed E-state index contributed by atoms with van der Waals surface area (Å²) in [7, 11) is -1.78. The molecule has 3 aliphatic heterocycles. The molecule has 3 heterocycles. The first kappa shape index (κ1) is 29.9. The molecular weight excluding hydrogens is 572 g/mol. The average Bonchev–Trinajstić information content (AvgIpc) is 3.10. The topological polar surface area (TPSA) is 84.9 Å². The third kappa shape index (κ3) is 5.72. The summed E-state index contributed by atoms with van der Waals surface area (Å²) in [6, 6.07) is 11.9. The predicted molar refractivity (Wildman–Crippen MR) is 167 cm³/mol. The van der Waals surface area contributed by atoms with Gasteiger partial charge in [0.05, 0.1) is 23.6 Å². The summed E-state index contributed by atoms with van der Waals surface area (Å²) >= 11 is 6.41. The number of rotatable bonds is 2. The first-order valence-corrected chi connectivity index (χ1v) is 17.6. The van der Waals surface area contributed by atoms with Crippen molar-refractivity contribution in [2.24, 2.45) is 5.92 Å². The molecule has 1 N–H and O–H groups in total. The number of halogens is 1. The van der Waals surface area contributed by atoms with Gasteiger partial charge in [-0.05, 0) is 80.0 Å². The van der Waals surface area contributed by atoms with Crippen LogP contribution in [0.3, 0.4) is 0 Å². The van der Waals surface area contributed by atoms with Crippen LogP contribution in [0.25, 0.3) is 0 Å². The SMILES string of the molecule is CC[C@@H]1CCCC[C@H](OC)[C@@H]2CN[C@H]2CN2C[C@@]3(CCCc4cc(Cl)ccc43)COc3ccc(cc32)C(=O)CS1(=O)=O. The highest BCUT2D eigenvalue weighted by Crippen LogP contribution is 2.45. The summed E-state index contributed by atoms with van der Waals surface area (Å²) in [4.78, 5) is 15.9. The Bertz CT molecular complexity index is 1430. The standard InChI is InChI=1S/C33H43ClN2O5S/c1-3-25-8-4-5-9-31(40-2)26-17-35-28(26)18-36-20-33(14-6-7-22-15-24(34)11-12-27(22)33)21-41-32-13-10-23(16-29(32)36)30(37)19-42(25,38)39/h10-13,15-16,25-26,28,31,35H,3-9,14,17-21H2,1-2H3/t25-,26-,28+,31+,33+/m1/s1. The molecule has 5 atom stereocenters. The Labute approximate surface area is 255 Å². The Morgan fingerprint density at radius 3 is 2.74 bits per heavy atom. The molecule has 1 saturated heterocycles. The van der Waals surface area contributed by atoms with Gasteiger partial charge < -0.3 is 19.7 Å². The lowest BCUT2D eigenvalue weighted by molar-refractivity contribution is -0.000921. The monoisotopic (exact) mass is 614 g/mol. The minimum absolute atomic E-state index is 0.114. The van der Waals surface area contributed by atoms with Crippen LogP contribution in [0.2, 0.25) is 5.02 Å². The summed E-state index contributed by atoms with van der Waals surface area (Å²) < 4.78 is 39.3. The first-order valence-electron chi connectivity index (χ1n) is 15.5. The van der Waals surface area contributed by atoms with Crippen LogP contribution >= 0.6 is 11.6 Å². The molecule has 2 bridgehead atoms. The zero-order valence-electron chi connectivity index (χ0n) is 24.7. The van der Waals surface area contributed by atoms with Gasteiger partial charge in [-0.3, -0.25) is 4.79 Å². The van der Waals surface area contributed by atoms with E-state index >= 15 is 0 Å².